The van der Waals surface area contributed by atoms with Gasteiger partial charge in [0.05, 0.1) is 6.54 Å². The van der Waals surface area contributed by atoms with Crippen molar-refractivity contribution in [2.24, 2.45) is 0 Å². The second-order valence-electron chi connectivity index (χ2n) is 4.37. The van der Waals surface area contributed by atoms with Crippen LogP contribution in [0.1, 0.15) is 19.8 Å². The molecule has 94 valence electrons. The van der Waals surface area contributed by atoms with E-state index in [9.17, 15) is 4.79 Å². The van der Waals surface area contributed by atoms with E-state index >= 15 is 0 Å². The highest BCUT2D eigenvalue weighted by Crippen LogP contribution is 2.18. The molecular weight excluding hydrogens is 234 g/mol. The number of rotatable bonds is 5. The quantitative estimate of drug-likeness (QED) is 0.799. The summed E-state index contributed by atoms with van der Waals surface area (Å²) in [5.41, 5.74) is 0. The minimum atomic E-state index is 0.371. The number of carbonyl (C=O) groups excluding carboxylic acids is 1. The average molecular weight is 253 g/mol. The Labute approximate surface area is 106 Å². The Morgan fingerprint density at radius 1 is 1.41 bits per heavy atom. The fourth-order valence-electron chi connectivity index (χ4n) is 2.08. The zero-order valence-corrected chi connectivity index (χ0v) is 11.1. The van der Waals surface area contributed by atoms with E-state index in [0.29, 0.717) is 18.7 Å². The number of thiazole rings is 1. The number of piperazine rings is 1. The van der Waals surface area contributed by atoms with Crippen LogP contribution in [-0.2, 0) is 4.79 Å². The van der Waals surface area contributed by atoms with Gasteiger partial charge in [-0.2, -0.15) is 0 Å². The number of nitrogens with zero attached hydrogens (tertiary/aromatic N) is 3. The lowest BCUT2D eigenvalue weighted by molar-refractivity contribution is -0.120. The summed E-state index contributed by atoms with van der Waals surface area (Å²) in [6.07, 6.45) is 3.52. The minimum absolute atomic E-state index is 0.371. The first kappa shape index (κ1) is 12.5. The molecule has 0 amide bonds. The maximum absolute atomic E-state index is 11.6. The van der Waals surface area contributed by atoms with Crippen LogP contribution >= 0.6 is 11.3 Å². The van der Waals surface area contributed by atoms with E-state index in [4.69, 9.17) is 0 Å². The Bertz CT molecular complexity index is 345. The molecule has 0 aromatic carbocycles. The molecule has 2 rings (SSSR count). The van der Waals surface area contributed by atoms with Gasteiger partial charge in [0.25, 0.3) is 0 Å². The summed E-state index contributed by atoms with van der Waals surface area (Å²) in [6.45, 7) is 6.57. The van der Waals surface area contributed by atoms with Crippen molar-refractivity contribution in [3.63, 3.8) is 0 Å². The zero-order chi connectivity index (χ0) is 12.1. The van der Waals surface area contributed by atoms with Crippen molar-refractivity contribution in [3.8, 4) is 0 Å². The Kier molecular flexibility index (Phi) is 4.50. The fraction of sp³-hybridized carbons (Fsp3) is 0.667. The molecule has 0 N–H and O–H groups in total. The van der Waals surface area contributed by atoms with E-state index in [-0.39, 0.29) is 0 Å². The summed E-state index contributed by atoms with van der Waals surface area (Å²) in [7, 11) is 0. The lowest BCUT2D eigenvalue weighted by atomic mass is 10.2. The van der Waals surface area contributed by atoms with Crippen molar-refractivity contribution < 1.29 is 4.79 Å². The van der Waals surface area contributed by atoms with Crippen molar-refractivity contribution in [2.75, 3.05) is 37.6 Å². The van der Waals surface area contributed by atoms with Gasteiger partial charge in [0, 0.05) is 44.2 Å². The highest BCUT2D eigenvalue weighted by atomic mass is 32.1. The highest BCUT2D eigenvalue weighted by Gasteiger charge is 2.19. The molecule has 1 saturated heterocycles. The molecule has 0 atom stereocenters. The van der Waals surface area contributed by atoms with Gasteiger partial charge >= 0.3 is 0 Å². The molecule has 1 aliphatic heterocycles. The normalized spacial score (nSPS) is 17.4. The van der Waals surface area contributed by atoms with E-state index in [0.717, 1.165) is 37.7 Å². The number of ketones is 1. The summed E-state index contributed by atoms with van der Waals surface area (Å²) in [6, 6.07) is 0. The van der Waals surface area contributed by atoms with Crippen molar-refractivity contribution in [1.82, 2.24) is 9.88 Å². The molecule has 0 radical (unpaired) electrons. The second kappa shape index (κ2) is 6.12. The van der Waals surface area contributed by atoms with E-state index in [1.54, 1.807) is 11.3 Å². The van der Waals surface area contributed by atoms with Crippen LogP contribution in [0.25, 0.3) is 0 Å². The molecule has 1 aliphatic rings. The summed E-state index contributed by atoms with van der Waals surface area (Å²) >= 11 is 1.68. The Morgan fingerprint density at radius 2 is 2.18 bits per heavy atom. The molecule has 0 spiro atoms. The summed E-state index contributed by atoms with van der Waals surface area (Å²) in [4.78, 5) is 20.4. The highest BCUT2D eigenvalue weighted by molar-refractivity contribution is 7.13. The van der Waals surface area contributed by atoms with Gasteiger partial charge in [-0.05, 0) is 6.42 Å². The average Bonchev–Trinajstić information content (AvgIpc) is 2.84. The molecule has 2 heterocycles. The molecule has 1 aromatic heterocycles. The molecule has 5 heteroatoms. The van der Waals surface area contributed by atoms with Gasteiger partial charge in [0.2, 0.25) is 0 Å². The molecule has 0 unspecified atom stereocenters. The third kappa shape index (κ3) is 3.51. The van der Waals surface area contributed by atoms with E-state index in [1.165, 1.54) is 0 Å². The van der Waals surface area contributed by atoms with Gasteiger partial charge in [0.1, 0.15) is 5.78 Å². The molecule has 17 heavy (non-hydrogen) atoms. The maximum Gasteiger partial charge on any atom is 0.185 e. The first-order chi connectivity index (χ1) is 8.29. The van der Waals surface area contributed by atoms with Crippen molar-refractivity contribution in [2.45, 2.75) is 19.8 Å². The molecule has 1 aromatic rings. The van der Waals surface area contributed by atoms with Crippen molar-refractivity contribution in [1.29, 1.82) is 0 Å². The van der Waals surface area contributed by atoms with E-state index in [2.05, 4.69) is 21.7 Å². The van der Waals surface area contributed by atoms with Gasteiger partial charge in [-0.25, -0.2) is 4.98 Å². The Hall–Kier alpha value is -0.940. The standard InChI is InChI=1S/C12H19N3OS/c1-2-3-11(16)10-14-5-7-15(8-6-14)12-13-4-9-17-12/h4,9H,2-3,5-8,10H2,1H3. The number of hydrogen-bond donors (Lipinski definition) is 0. The third-order valence-electron chi connectivity index (χ3n) is 2.99. The second-order valence-corrected chi connectivity index (χ2v) is 5.24. The number of carbonyl (C=O) groups is 1. The van der Waals surface area contributed by atoms with Crippen molar-refractivity contribution >= 4 is 22.3 Å². The first-order valence-corrected chi connectivity index (χ1v) is 7.06. The molecule has 0 aliphatic carbocycles. The smallest absolute Gasteiger partial charge is 0.185 e. The topological polar surface area (TPSA) is 36.4 Å². The minimum Gasteiger partial charge on any atom is -0.346 e. The van der Waals surface area contributed by atoms with Gasteiger partial charge < -0.3 is 4.90 Å². The lowest BCUT2D eigenvalue weighted by Crippen LogP contribution is -2.47. The lowest BCUT2D eigenvalue weighted by Gasteiger charge is -2.34. The van der Waals surface area contributed by atoms with Gasteiger partial charge in [-0.15, -0.1) is 11.3 Å². The SMILES string of the molecule is CCCC(=O)CN1CCN(c2nccs2)CC1. The van der Waals surface area contributed by atoms with Crippen molar-refractivity contribution in [3.05, 3.63) is 11.6 Å². The molecule has 4 nitrogen and oxygen atoms in total. The monoisotopic (exact) mass is 253 g/mol. The predicted octanol–water partition coefficient (Wildman–Crippen LogP) is 1.63. The first-order valence-electron chi connectivity index (χ1n) is 6.18. The number of anilines is 1. The van der Waals surface area contributed by atoms with Crippen LogP contribution in [0.5, 0.6) is 0 Å². The van der Waals surface area contributed by atoms with Crippen LogP contribution in [0, 0.1) is 0 Å². The van der Waals surface area contributed by atoms with Crippen LogP contribution in [0.4, 0.5) is 5.13 Å². The largest absolute Gasteiger partial charge is 0.346 e. The molecular formula is C12H19N3OS. The van der Waals surface area contributed by atoms with Gasteiger partial charge in [-0.3, -0.25) is 9.69 Å². The summed E-state index contributed by atoms with van der Waals surface area (Å²) in [5, 5.41) is 3.11. The van der Waals surface area contributed by atoms with Gasteiger partial charge in [0.15, 0.2) is 5.13 Å². The number of Topliss-reactive ketones (excluding diaryl/α,β-unsaturated/α-hetero) is 1. The zero-order valence-electron chi connectivity index (χ0n) is 10.3. The van der Waals surface area contributed by atoms with Gasteiger partial charge in [-0.1, -0.05) is 6.92 Å². The van der Waals surface area contributed by atoms with E-state index < -0.39 is 0 Å². The van der Waals surface area contributed by atoms with Crippen LogP contribution in [0.3, 0.4) is 0 Å². The molecule has 0 saturated carbocycles. The Balaban J connectivity index is 1.76. The molecule has 1 fully saturated rings. The fourth-order valence-corrected chi connectivity index (χ4v) is 2.77. The van der Waals surface area contributed by atoms with Crippen LogP contribution in [0.2, 0.25) is 0 Å². The molecule has 0 bridgehead atoms. The number of aromatic nitrogens is 1. The third-order valence-corrected chi connectivity index (χ3v) is 3.82. The van der Waals surface area contributed by atoms with Crippen LogP contribution in [-0.4, -0.2) is 48.4 Å². The van der Waals surface area contributed by atoms with Crippen LogP contribution < -0.4 is 4.90 Å². The predicted molar refractivity (Wildman–Crippen MR) is 70.7 cm³/mol. The Morgan fingerprint density at radius 3 is 2.76 bits per heavy atom. The summed E-state index contributed by atoms with van der Waals surface area (Å²) < 4.78 is 0. The summed E-state index contributed by atoms with van der Waals surface area (Å²) in [5.74, 6) is 0.371. The van der Waals surface area contributed by atoms with E-state index in [1.807, 2.05) is 11.6 Å². The number of hydrogen-bond acceptors (Lipinski definition) is 5. The maximum atomic E-state index is 11.6. The van der Waals surface area contributed by atoms with Crippen LogP contribution in [0.15, 0.2) is 11.6 Å².